The molecule has 0 aliphatic heterocycles. The normalized spacial score (nSPS) is 10.8. The van der Waals surface area contributed by atoms with Crippen LogP contribution in [-0.4, -0.2) is 34.2 Å². The predicted octanol–water partition coefficient (Wildman–Crippen LogP) is 3.46. The molecule has 2 amide bonds. The van der Waals surface area contributed by atoms with Gasteiger partial charge in [0.2, 0.25) is 0 Å². The van der Waals surface area contributed by atoms with Crippen molar-refractivity contribution in [2.24, 2.45) is 0 Å². The number of carbonyl (C=O) groups is 3. The molecule has 0 aliphatic rings. The monoisotopic (exact) mass is 466 g/mol. The summed E-state index contributed by atoms with van der Waals surface area (Å²) in [6, 6.07) is 14.3. The molecule has 2 aromatic heterocycles. The minimum Gasteiger partial charge on any atom is -0.451 e. The first-order valence-electron chi connectivity index (χ1n) is 9.90. The zero-order valence-corrected chi connectivity index (χ0v) is 18.5. The summed E-state index contributed by atoms with van der Waals surface area (Å²) in [6.45, 7) is 3.13. The van der Waals surface area contributed by atoms with Gasteiger partial charge in [-0.25, -0.2) is 13.9 Å². The van der Waals surface area contributed by atoms with Gasteiger partial charge >= 0.3 is 5.97 Å². The van der Waals surface area contributed by atoms with Crippen LogP contribution in [0, 0.1) is 19.7 Å². The van der Waals surface area contributed by atoms with E-state index in [9.17, 15) is 18.8 Å². The minimum absolute atomic E-state index is 0.290. The fourth-order valence-corrected chi connectivity index (χ4v) is 4.12. The second-order valence-corrected chi connectivity index (χ2v) is 8.28. The second kappa shape index (κ2) is 9.21. The first kappa shape index (κ1) is 22.2. The number of aryl methyl sites for hydroxylation is 2. The van der Waals surface area contributed by atoms with Crippen LogP contribution in [0.15, 0.2) is 54.6 Å². The molecule has 0 fully saturated rings. The Kier molecular flexibility index (Phi) is 6.18. The van der Waals surface area contributed by atoms with Crippen molar-refractivity contribution >= 4 is 39.3 Å². The molecule has 33 heavy (non-hydrogen) atoms. The molecule has 0 bridgehead atoms. The zero-order valence-electron chi connectivity index (χ0n) is 17.7. The lowest BCUT2D eigenvalue weighted by Crippen LogP contribution is -2.43. The lowest BCUT2D eigenvalue weighted by atomic mass is 10.1. The highest BCUT2D eigenvalue weighted by molar-refractivity contribution is 7.20. The molecule has 2 aromatic carbocycles. The summed E-state index contributed by atoms with van der Waals surface area (Å²) in [6.07, 6.45) is 0. The van der Waals surface area contributed by atoms with E-state index >= 15 is 0 Å². The molecular formula is C23H19FN4O4S. The molecule has 2 N–H and O–H groups in total. The minimum atomic E-state index is -0.682. The fraction of sp³-hybridized carbons (Fsp3) is 0.130. The summed E-state index contributed by atoms with van der Waals surface area (Å²) < 4.78 is 19.9. The van der Waals surface area contributed by atoms with Gasteiger partial charge in [0.25, 0.3) is 11.8 Å². The number of halogens is 1. The molecule has 0 aliphatic carbocycles. The van der Waals surface area contributed by atoms with Crippen molar-refractivity contribution in [2.45, 2.75) is 13.8 Å². The van der Waals surface area contributed by atoms with Gasteiger partial charge in [0, 0.05) is 10.9 Å². The van der Waals surface area contributed by atoms with Crippen LogP contribution in [0.4, 0.5) is 4.39 Å². The fourth-order valence-electron chi connectivity index (χ4n) is 3.05. The number of ether oxygens (including phenoxy) is 1. The maximum Gasteiger partial charge on any atom is 0.348 e. The number of benzene rings is 2. The average molecular weight is 466 g/mol. The Hall–Kier alpha value is -4.05. The third-order valence-electron chi connectivity index (χ3n) is 4.78. The number of hydrazine groups is 1. The van der Waals surface area contributed by atoms with Gasteiger partial charge in [-0.2, -0.15) is 5.10 Å². The highest BCUT2D eigenvalue weighted by Crippen LogP contribution is 2.30. The summed E-state index contributed by atoms with van der Waals surface area (Å²) in [4.78, 5) is 37.4. The standard InChI is InChI=1S/C23H19FN4O4S/c1-13-3-5-15(6-4-13)21(30)26-25-20(29)12-32-23(31)19-11-18-14(2)27-28(22(18)33-19)17-9-7-16(24)8-10-17/h3-11H,12H2,1-2H3,(H,25,29)(H,26,30). The molecule has 10 heteroatoms. The number of rotatable bonds is 5. The van der Waals surface area contributed by atoms with Crippen LogP contribution >= 0.6 is 11.3 Å². The number of amides is 2. The number of hydrogen-bond acceptors (Lipinski definition) is 6. The van der Waals surface area contributed by atoms with Crippen LogP contribution in [0.25, 0.3) is 15.9 Å². The number of fused-ring (bicyclic) bond motifs is 1. The number of thiophene rings is 1. The van der Waals surface area contributed by atoms with Crippen LogP contribution in [-0.2, 0) is 9.53 Å². The van der Waals surface area contributed by atoms with E-state index in [0.29, 0.717) is 21.8 Å². The molecule has 8 nitrogen and oxygen atoms in total. The highest BCUT2D eigenvalue weighted by atomic mass is 32.1. The van der Waals surface area contributed by atoms with Crippen molar-refractivity contribution in [1.82, 2.24) is 20.6 Å². The van der Waals surface area contributed by atoms with E-state index < -0.39 is 24.4 Å². The van der Waals surface area contributed by atoms with Gasteiger partial charge < -0.3 is 4.74 Å². The Morgan fingerprint density at radius 1 is 1.03 bits per heavy atom. The van der Waals surface area contributed by atoms with Gasteiger partial charge in [-0.05, 0) is 56.3 Å². The molecule has 0 saturated heterocycles. The van der Waals surface area contributed by atoms with E-state index in [-0.39, 0.29) is 10.7 Å². The van der Waals surface area contributed by atoms with Crippen LogP contribution < -0.4 is 10.9 Å². The Bertz CT molecular complexity index is 1340. The van der Waals surface area contributed by atoms with Crippen LogP contribution in [0.2, 0.25) is 0 Å². The Morgan fingerprint density at radius 3 is 2.42 bits per heavy atom. The number of nitrogens with zero attached hydrogens (tertiary/aromatic N) is 2. The van der Waals surface area contributed by atoms with E-state index in [1.807, 2.05) is 6.92 Å². The van der Waals surface area contributed by atoms with E-state index in [1.165, 1.54) is 12.1 Å². The maximum absolute atomic E-state index is 13.2. The third-order valence-corrected chi connectivity index (χ3v) is 5.87. The molecule has 2 heterocycles. The molecule has 0 unspecified atom stereocenters. The van der Waals surface area contributed by atoms with Crippen LogP contribution in [0.5, 0.6) is 0 Å². The first-order chi connectivity index (χ1) is 15.8. The lowest BCUT2D eigenvalue weighted by molar-refractivity contribution is -0.125. The number of aromatic nitrogens is 2. The molecule has 4 aromatic rings. The zero-order chi connectivity index (χ0) is 23.5. The molecule has 0 spiro atoms. The highest BCUT2D eigenvalue weighted by Gasteiger charge is 2.19. The summed E-state index contributed by atoms with van der Waals surface area (Å²) in [7, 11) is 0. The first-order valence-corrected chi connectivity index (χ1v) is 10.7. The van der Waals surface area contributed by atoms with Gasteiger partial charge in [-0.1, -0.05) is 17.7 Å². The van der Waals surface area contributed by atoms with Gasteiger partial charge in [0.1, 0.15) is 15.5 Å². The Morgan fingerprint density at radius 2 is 1.73 bits per heavy atom. The summed E-state index contributed by atoms with van der Waals surface area (Å²) in [5, 5.41) is 5.20. The number of nitrogens with one attached hydrogen (secondary N) is 2. The Balaban J connectivity index is 1.37. The third kappa shape index (κ3) is 4.90. The molecule has 0 saturated carbocycles. The Labute approximate surface area is 191 Å². The van der Waals surface area contributed by atoms with E-state index in [0.717, 1.165) is 22.3 Å². The average Bonchev–Trinajstić information content (AvgIpc) is 3.37. The summed E-state index contributed by atoms with van der Waals surface area (Å²) in [5.74, 6) is -2.21. The smallest absolute Gasteiger partial charge is 0.348 e. The van der Waals surface area contributed by atoms with Crippen LogP contribution in [0.1, 0.15) is 31.3 Å². The topological polar surface area (TPSA) is 102 Å². The number of esters is 1. The molecule has 0 radical (unpaired) electrons. The van der Waals surface area contributed by atoms with Crippen molar-refractivity contribution < 1.29 is 23.5 Å². The maximum atomic E-state index is 13.2. The van der Waals surface area contributed by atoms with Crippen molar-refractivity contribution in [2.75, 3.05) is 6.61 Å². The van der Waals surface area contributed by atoms with Gasteiger partial charge in [-0.3, -0.25) is 20.4 Å². The van der Waals surface area contributed by atoms with E-state index in [2.05, 4.69) is 16.0 Å². The van der Waals surface area contributed by atoms with Gasteiger partial charge in [0.05, 0.1) is 11.4 Å². The second-order valence-electron chi connectivity index (χ2n) is 7.25. The molecule has 0 atom stereocenters. The lowest BCUT2D eigenvalue weighted by Gasteiger charge is -2.08. The molecular weight excluding hydrogens is 447 g/mol. The van der Waals surface area contributed by atoms with Crippen molar-refractivity contribution in [3.63, 3.8) is 0 Å². The van der Waals surface area contributed by atoms with Crippen molar-refractivity contribution in [1.29, 1.82) is 0 Å². The van der Waals surface area contributed by atoms with Crippen molar-refractivity contribution in [3.8, 4) is 5.69 Å². The van der Waals surface area contributed by atoms with Gasteiger partial charge in [0.15, 0.2) is 6.61 Å². The van der Waals surface area contributed by atoms with Gasteiger partial charge in [-0.15, -0.1) is 11.3 Å². The quantitative estimate of drug-likeness (QED) is 0.346. The number of hydrogen-bond donors (Lipinski definition) is 2. The molecule has 168 valence electrons. The summed E-state index contributed by atoms with van der Waals surface area (Å²) >= 11 is 1.15. The largest absolute Gasteiger partial charge is 0.451 e. The number of carbonyl (C=O) groups excluding carboxylic acids is 3. The van der Waals surface area contributed by atoms with Crippen LogP contribution in [0.3, 0.4) is 0 Å². The van der Waals surface area contributed by atoms with E-state index in [1.54, 1.807) is 54.1 Å². The predicted molar refractivity (Wildman–Crippen MR) is 121 cm³/mol. The van der Waals surface area contributed by atoms with Crippen molar-refractivity contribution in [3.05, 3.63) is 82.1 Å². The SMILES string of the molecule is Cc1ccc(C(=O)NNC(=O)COC(=O)c2cc3c(C)nn(-c4ccc(F)cc4)c3s2)cc1. The van der Waals surface area contributed by atoms with E-state index in [4.69, 9.17) is 4.74 Å². The molecule has 4 rings (SSSR count). The summed E-state index contributed by atoms with van der Waals surface area (Å²) in [5.41, 5.74) is 7.22.